The highest BCUT2D eigenvalue weighted by Crippen LogP contribution is 2.25. The van der Waals surface area contributed by atoms with E-state index in [2.05, 4.69) is 10.3 Å². The maximum Gasteiger partial charge on any atom is 0.271 e. The van der Waals surface area contributed by atoms with Gasteiger partial charge in [0, 0.05) is 36.9 Å². The van der Waals surface area contributed by atoms with Crippen molar-refractivity contribution in [3.63, 3.8) is 0 Å². The number of imidazole rings is 1. The van der Waals surface area contributed by atoms with E-state index < -0.39 is 0 Å². The lowest BCUT2D eigenvalue weighted by molar-refractivity contribution is -0.118. The van der Waals surface area contributed by atoms with Crippen LogP contribution in [0.4, 0.5) is 5.69 Å². The molecule has 152 valence electrons. The van der Waals surface area contributed by atoms with Gasteiger partial charge in [-0.15, -0.1) is 11.3 Å². The summed E-state index contributed by atoms with van der Waals surface area (Å²) in [6.45, 7) is -0.0637. The zero-order valence-corrected chi connectivity index (χ0v) is 17.3. The Morgan fingerprint density at radius 1 is 1.10 bits per heavy atom. The van der Waals surface area contributed by atoms with Crippen molar-refractivity contribution in [1.29, 1.82) is 0 Å². The van der Waals surface area contributed by atoms with E-state index in [1.807, 2.05) is 54.0 Å². The molecule has 2 amide bonds. The maximum absolute atomic E-state index is 12.3. The van der Waals surface area contributed by atoms with Crippen LogP contribution in [0, 0.1) is 0 Å². The van der Waals surface area contributed by atoms with Gasteiger partial charge in [-0.3, -0.25) is 14.0 Å². The molecule has 30 heavy (non-hydrogen) atoms. The summed E-state index contributed by atoms with van der Waals surface area (Å²) in [6.07, 6.45) is 1.85. The summed E-state index contributed by atoms with van der Waals surface area (Å²) >= 11 is 1.42. The van der Waals surface area contributed by atoms with Crippen LogP contribution in [0.25, 0.3) is 16.2 Å². The summed E-state index contributed by atoms with van der Waals surface area (Å²) in [7, 11) is 3.45. The number of carbonyl (C=O) groups excluding carboxylic acids is 2. The number of thiazole rings is 1. The van der Waals surface area contributed by atoms with E-state index in [1.165, 1.54) is 11.3 Å². The zero-order valence-electron chi connectivity index (χ0n) is 16.5. The number of rotatable bonds is 6. The third-order valence-corrected chi connectivity index (χ3v) is 5.25. The molecule has 0 saturated heterocycles. The lowest BCUT2D eigenvalue weighted by atomic mass is 10.1. The summed E-state index contributed by atoms with van der Waals surface area (Å²) in [5.74, 6) is 0.344. The smallest absolute Gasteiger partial charge is 0.271 e. The first-order valence-corrected chi connectivity index (χ1v) is 10.2. The number of amides is 2. The molecule has 0 aliphatic carbocycles. The van der Waals surface area contributed by atoms with Crippen molar-refractivity contribution in [2.45, 2.75) is 0 Å². The number of anilines is 1. The Hall–Kier alpha value is -3.65. The van der Waals surface area contributed by atoms with Gasteiger partial charge in [-0.2, -0.15) is 0 Å². The van der Waals surface area contributed by atoms with Crippen LogP contribution in [0.1, 0.15) is 10.5 Å². The summed E-state index contributed by atoms with van der Waals surface area (Å²) < 4.78 is 7.26. The van der Waals surface area contributed by atoms with Crippen LogP contribution >= 0.6 is 11.3 Å². The fraction of sp³-hybridized carbons (Fsp3) is 0.136. The first-order chi connectivity index (χ1) is 14.5. The molecule has 0 aliphatic heterocycles. The minimum Gasteiger partial charge on any atom is -0.484 e. The molecule has 0 saturated carbocycles. The molecule has 4 aromatic rings. The SMILES string of the molecule is CN(C)C(=O)c1csc2nc(-c3ccc(NC(=O)COc4ccccc4)cc3)cn12. The van der Waals surface area contributed by atoms with E-state index in [0.29, 0.717) is 17.1 Å². The second-order valence-electron chi connectivity index (χ2n) is 6.83. The van der Waals surface area contributed by atoms with E-state index in [9.17, 15) is 9.59 Å². The van der Waals surface area contributed by atoms with Crippen molar-refractivity contribution in [2.75, 3.05) is 26.0 Å². The molecule has 0 radical (unpaired) electrons. The lowest BCUT2D eigenvalue weighted by Gasteiger charge is -2.08. The molecule has 8 heteroatoms. The molecule has 1 N–H and O–H groups in total. The highest BCUT2D eigenvalue weighted by molar-refractivity contribution is 7.15. The molecule has 0 unspecified atom stereocenters. The van der Waals surface area contributed by atoms with Crippen LogP contribution in [0.3, 0.4) is 0 Å². The minimum absolute atomic E-state index is 0.0637. The number of nitrogens with zero attached hydrogens (tertiary/aromatic N) is 3. The highest BCUT2D eigenvalue weighted by Gasteiger charge is 2.16. The van der Waals surface area contributed by atoms with Crippen molar-refractivity contribution in [1.82, 2.24) is 14.3 Å². The number of aromatic nitrogens is 2. The van der Waals surface area contributed by atoms with Gasteiger partial charge in [0.25, 0.3) is 11.8 Å². The number of para-hydroxylation sites is 1. The van der Waals surface area contributed by atoms with Crippen LogP contribution in [-0.4, -0.2) is 46.8 Å². The summed E-state index contributed by atoms with van der Waals surface area (Å²) in [5.41, 5.74) is 2.92. The molecule has 4 rings (SSSR count). The van der Waals surface area contributed by atoms with Gasteiger partial charge in [-0.25, -0.2) is 4.98 Å². The predicted molar refractivity (Wildman–Crippen MR) is 117 cm³/mol. The minimum atomic E-state index is -0.235. The van der Waals surface area contributed by atoms with Crippen molar-refractivity contribution in [2.24, 2.45) is 0 Å². The molecule has 7 nitrogen and oxygen atoms in total. The van der Waals surface area contributed by atoms with Crippen molar-refractivity contribution in [3.05, 3.63) is 71.9 Å². The monoisotopic (exact) mass is 420 g/mol. The van der Waals surface area contributed by atoms with Crippen molar-refractivity contribution in [3.8, 4) is 17.0 Å². The maximum atomic E-state index is 12.3. The quantitative estimate of drug-likeness (QED) is 0.515. The van der Waals surface area contributed by atoms with E-state index in [0.717, 1.165) is 16.2 Å². The number of hydrogen-bond donors (Lipinski definition) is 1. The Bertz CT molecular complexity index is 1180. The number of fused-ring (bicyclic) bond motifs is 1. The molecule has 0 fully saturated rings. The van der Waals surface area contributed by atoms with E-state index in [1.54, 1.807) is 35.5 Å². The molecular formula is C22H20N4O3S. The molecule has 0 bridgehead atoms. The predicted octanol–water partition coefficient (Wildman–Crippen LogP) is 3.78. The number of ether oxygens (including phenoxy) is 1. The highest BCUT2D eigenvalue weighted by atomic mass is 32.1. The average Bonchev–Trinajstić information content (AvgIpc) is 3.34. The van der Waals surface area contributed by atoms with Gasteiger partial charge < -0.3 is 15.0 Å². The van der Waals surface area contributed by atoms with E-state index >= 15 is 0 Å². The molecule has 0 spiro atoms. The Kier molecular flexibility index (Phi) is 5.49. The Morgan fingerprint density at radius 2 is 1.83 bits per heavy atom. The molecule has 2 heterocycles. The third-order valence-electron chi connectivity index (χ3n) is 4.41. The number of nitrogens with one attached hydrogen (secondary N) is 1. The molecule has 2 aromatic heterocycles. The Balaban J connectivity index is 1.43. The summed E-state index contributed by atoms with van der Waals surface area (Å²) in [4.78, 5) is 31.3. The molecule has 0 aliphatic rings. The van der Waals surface area contributed by atoms with Gasteiger partial charge in [0.05, 0.1) is 5.69 Å². The second-order valence-corrected chi connectivity index (χ2v) is 7.66. The van der Waals surface area contributed by atoms with Crippen LogP contribution in [0.2, 0.25) is 0 Å². The summed E-state index contributed by atoms with van der Waals surface area (Å²) in [6, 6.07) is 16.6. The van der Waals surface area contributed by atoms with Gasteiger partial charge in [-0.05, 0) is 24.3 Å². The number of hydrogen-bond acceptors (Lipinski definition) is 5. The largest absolute Gasteiger partial charge is 0.484 e. The van der Waals surface area contributed by atoms with Gasteiger partial charge in [0.1, 0.15) is 11.4 Å². The molecular weight excluding hydrogens is 400 g/mol. The first kappa shape index (κ1) is 19.7. The van der Waals surface area contributed by atoms with Gasteiger partial charge >= 0.3 is 0 Å². The Labute approximate surface area is 177 Å². The molecule has 2 aromatic carbocycles. The summed E-state index contributed by atoms with van der Waals surface area (Å²) in [5, 5.41) is 4.62. The fourth-order valence-electron chi connectivity index (χ4n) is 2.89. The topological polar surface area (TPSA) is 75.9 Å². The van der Waals surface area contributed by atoms with Crippen LogP contribution < -0.4 is 10.1 Å². The van der Waals surface area contributed by atoms with Crippen LogP contribution in [-0.2, 0) is 4.79 Å². The average molecular weight is 420 g/mol. The number of benzene rings is 2. The van der Waals surface area contributed by atoms with E-state index in [4.69, 9.17) is 4.74 Å². The van der Waals surface area contributed by atoms with Crippen LogP contribution in [0.15, 0.2) is 66.2 Å². The van der Waals surface area contributed by atoms with Crippen molar-refractivity contribution < 1.29 is 14.3 Å². The third kappa shape index (κ3) is 4.18. The standard InChI is InChI=1S/C22H20N4O3S/c1-25(2)21(28)19-14-30-22-24-18(12-26(19)22)15-8-10-16(11-9-15)23-20(27)13-29-17-6-4-3-5-7-17/h3-12,14H,13H2,1-2H3,(H,23,27). The molecule has 0 atom stereocenters. The fourth-order valence-corrected chi connectivity index (χ4v) is 3.74. The second kappa shape index (κ2) is 8.38. The van der Waals surface area contributed by atoms with E-state index in [-0.39, 0.29) is 18.4 Å². The first-order valence-electron chi connectivity index (χ1n) is 9.27. The number of carbonyl (C=O) groups is 2. The van der Waals surface area contributed by atoms with Gasteiger partial charge in [-0.1, -0.05) is 30.3 Å². The van der Waals surface area contributed by atoms with Gasteiger partial charge in [0.15, 0.2) is 11.6 Å². The van der Waals surface area contributed by atoms with Gasteiger partial charge in [0.2, 0.25) is 0 Å². The van der Waals surface area contributed by atoms with Crippen molar-refractivity contribution >= 4 is 33.8 Å². The van der Waals surface area contributed by atoms with Crippen LogP contribution in [0.5, 0.6) is 5.75 Å². The normalized spacial score (nSPS) is 10.7. The zero-order chi connectivity index (χ0) is 21.1. The lowest BCUT2D eigenvalue weighted by Crippen LogP contribution is -2.22. The Morgan fingerprint density at radius 3 is 2.53 bits per heavy atom.